The number of Topliss-reactive ketones (excluding diaryl/α,β-unsaturated/α-hetero) is 1. The molecule has 0 aliphatic carbocycles. The van der Waals surface area contributed by atoms with E-state index in [4.69, 9.17) is 21.1 Å². The summed E-state index contributed by atoms with van der Waals surface area (Å²) in [4.78, 5) is 24.2. The Morgan fingerprint density at radius 1 is 1.28 bits per heavy atom. The van der Waals surface area contributed by atoms with Crippen LogP contribution in [0.5, 0.6) is 11.5 Å². The molecule has 0 aromatic heterocycles. The van der Waals surface area contributed by atoms with Gasteiger partial charge >= 0.3 is 5.97 Å². The van der Waals surface area contributed by atoms with Crippen LogP contribution < -0.4 is 9.47 Å². The van der Waals surface area contributed by atoms with Crippen LogP contribution in [0.15, 0.2) is 46.6 Å². The van der Waals surface area contributed by atoms with Gasteiger partial charge in [-0.2, -0.15) is 0 Å². The van der Waals surface area contributed by atoms with Crippen molar-refractivity contribution in [1.29, 1.82) is 0 Å². The molecule has 0 amide bonds. The van der Waals surface area contributed by atoms with E-state index < -0.39 is 11.3 Å². The lowest BCUT2D eigenvalue weighted by Gasteiger charge is -2.08. The van der Waals surface area contributed by atoms with E-state index in [0.29, 0.717) is 22.6 Å². The van der Waals surface area contributed by atoms with Gasteiger partial charge in [0.1, 0.15) is 16.9 Å². The molecule has 4 nitrogen and oxygen atoms in total. The fourth-order valence-corrected chi connectivity index (χ4v) is 2.75. The zero-order valence-corrected chi connectivity index (χ0v) is 15.8. The molecule has 128 valence electrons. The molecule has 1 aliphatic heterocycles. The number of rotatable bonds is 3. The monoisotopic (exact) mass is 420 g/mol. The molecule has 0 fully saturated rings. The molecule has 0 N–H and O–H groups in total. The minimum atomic E-state index is -0.760. The first-order valence-electron chi connectivity index (χ1n) is 7.55. The second kappa shape index (κ2) is 7.02. The Labute approximate surface area is 158 Å². The number of allylic oxidation sites excluding steroid dienone is 1. The van der Waals surface area contributed by atoms with Crippen molar-refractivity contribution in [2.24, 2.45) is 0 Å². The number of esters is 1. The summed E-state index contributed by atoms with van der Waals surface area (Å²) in [6, 6.07) is 10.7. The van der Waals surface area contributed by atoms with E-state index >= 15 is 0 Å². The Morgan fingerprint density at radius 2 is 1.96 bits per heavy atom. The van der Waals surface area contributed by atoms with Crippen molar-refractivity contribution < 1.29 is 19.1 Å². The van der Waals surface area contributed by atoms with Gasteiger partial charge in [-0.15, -0.1) is 11.6 Å². The lowest BCUT2D eigenvalue weighted by Crippen LogP contribution is -2.17. The van der Waals surface area contributed by atoms with Crippen LogP contribution in [-0.4, -0.2) is 17.1 Å². The summed E-state index contributed by atoms with van der Waals surface area (Å²) in [6.07, 6.45) is 1.68. The Morgan fingerprint density at radius 3 is 2.60 bits per heavy atom. The first kappa shape index (κ1) is 17.7. The standard InChI is InChI=1S/C19H14BrClO4/c1-10-7-14(24-19(23)11(2)21)9-15-17(10)18(22)16(25-15)8-12-3-5-13(20)6-4-12/h3-9,11H,1-2H3/b16-8-. The zero-order valence-electron chi connectivity index (χ0n) is 13.5. The number of fused-ring (bicyclic) bond motifs is 1. The third-order valence-electron chi connectivity index (χ3n) is 3.65. The quantitative estimate of drug-likeness (QED) is 0.306. The molecule has 0 saturated heterocycles. The molecule has 1 unspecified atom stereocenters. The summed E-state index contributed by atoms with van der Waals surface area (Å²) in [7, 11) is 0. The minimum Gasteiger partial charge on any atom is -0.452 e. The van der Waals surface area contributed by atoms with Crippen LogP contribution in [0.2, 0.25) is 0 Å². The highest BCUT2D eigenvalue weighted by Gasteiger charge is 2.30. The van der Waals surface area contributed by atoms with Crippen LogP contribution in [0, 0.1) is 6.92 Å². The molecule has 0 spiro atoms. The van der Waals surface area contributed by atoms with E-state index in [9.17, 15) is 9.59 Å². The Hall–Kier alpha value is -2.11. The number of aryl methyl sites for hydroxylation is 1. The molecular formula is C19H14BrClO4. The highest BCUT2D eigenvalue weighted by molar-refractivity contribution is 9.10. The molecule has 0 radical (unpaired) electrons. The first-order valence-corrected chi connectivity index (χ1v) is 8.78. The lowest BCUT2D eigenvalue weighted by atomic mass is 10.0. The van der Waals surface area contributed by atoms with E-state index in [1.54, 1.807) is 19.1 Å². The topological polar surface area (TPSA) is 52.6 Å². The summed E-state index contributed by atoms with van der Waals surface area (Å²) >= 11 is 9.08. The van der Waals surface area contributed by atoms with E-state index in [1.165, 1.54) is 13.0 Å². The number of carbonyl (C=O) groups is 2. The average Bonchev–Trinajstić information content (AvgIpc) is 2.85. The number of halogens is 2. The van der Waals surface area contributed by atoms with Crippen molar-refractivity contribution in [1.82, 2.24) is 0 Å². The summed E-state index contributed by atoms with van der Waals surface area (Å²) in [5.41, 5.74) is 1.99. The highest BCUT2D eigenvalue weighted by Crippen LogP contribution is 2.37. The number of alkyl halides is 1. The number of hydrogen-bond donors (Lipinski definition) is 0. The first-order chi connectivity index (χ1) is 11.8. The average molecular weight is 422 g/mol. The molecule has 1 heterocycles. The number of hydrogen-bond acceptors (Lipinski definition) is 4. The predicted molar refractivity (Wildman–Crippen MR) is 99.2 cm³/mol. The smallest absolute Gasteiger partial charge is 0.329 e. The van der Waals surface area contributed by atoms with Crippen LogP contribution >= 0.6 is 27.5 Å². The molecule has 0 saturated carbocycles. The van der Waals surface area contributed by atoms with Gasteiger partial charge in [-0.3, -0.25) is 9.59 Å². The van der Waals surface area contributed by atoms with Gasteiger partial charge in [0.05, 0.1) is 5.56 Å². The van der Waals surface area contributed by atoms with E-state index in [-0.39, 0.29) is 11.5 Å². The summed E-state index contributed by atoms with van der Waals surface area (Å²) < 4.78 is 11.8. The highest BCUT2D eigenvalue weighted by atomic mass is 79.9. The molecule has 0 bridgehead atoms. The van der Waals surface area contributed by atoms with E-state index in [1.807, 2.05) is 24.3 Å². The Balaban J connectivity index is 1.91. The minimum absolute atomic E-state index is 0.195. The van der Waals surface area contributed by atoms with Gasteiger partial charge in [-0.25, -0.2) is 0 Å². The lowest BCUT2D eigenvalue weighted by molar-refractivity contribution is -0.133. The molecule has 3 rings (SSSR count). The van der Waals surface area contributed by atoms with Gasteiger partial charge in [0.15, 0.2) is 5.76 Å². The number of ketones is 1. The second-order valence-corrected chi connectivity index (χ2v) is 7.21. The van der Waals surface area contributed by atoms with Crippen LogP contribution in [0.1, 0.15) is 28.4 Å². The maximum atomic E-state index is 12.6. The van der Waals surface area contributed by atoms with Crippen molar-refractivity contribution in [3.8, 4) is 11.5 Å². The van der Waals surface area contributed by atoms with Crippen molar-refractivity contribution in [3.63, 3.8) is 0 Å². The zero-order chi connectivity index (χ0) is 18.1. The maximum absolute atomic E-state index is 12.6. The van der Waals surface area contributed by atoms with Gasteiger partial charge in [0, 0.05) is 10.5 Å². The molecule has 6 heteroatoms. The van der Waals surface area contributed by atoms with Crippen molar-refractivity contribution in [2.45, 2.75) is 19.2 Å². The molecule has 2 aromatic rings. The third kappa shape index (κ3) is 3.78. The molecule has 25 heavy (non-hydrogen) atoms. The molecule has 1 atom stereocenters. The SMILES string of the molecule is Cc1cc(OC(=O)C(C)Cl)cc2c1C(=O)/C(=C/c1ccc(Br)cc1)O2. The maximum Gasteiger partial charge on any atom is 0.329 e. The summed E-state index contributed by atoms with van der Waals surface area (Å²) in [5, 5.41) is -0.760. The normalized spacial score (nSPS) is 15.7. The molecule has 2 aromatic carbocycles. The van der Waals surface area contributed by atoms with Crippen molar-refractivity contribution >= 4 is 45.4 Å². The Kier molecular flexibility index (Phi) is 4.97. The largest absolute Gasteiger partial charge is 0.452 e. The molecular weight excluding hydrogens is 408 g/mol. The number of ether oxygens (including phenoxy) is 2. The van der Waals surface area contributed by atoms with Crippen LogP contribution in [0.25, 0.3) is 6.08 Å². The predicted octanol–water partition coefficient (Wildman–Crippen LogP) is 4.91. The van der Waals surface area contributed by atoms with Crippen LogP contribution in [0.3, 0.4) is 0 Å². The van der Waals surface area contributed by atoms with Crippen LogP contribution in [0.4, 0.5) is 0 Å². The van der Waals surface area contributed by atoms with Crippen molar-refractivity contribution in [3.05, 3.63) is 63.3 Å². The number of benzene rings is 2. The number of carbonyl (C=O) groups excluding carboxylic acids is 2. The van der Waals surface area contributed by atoms with E-state index in [0.717, 1.165) is 10.0 Å². The van der Waals surface area contributed by atoms with E-state index in [2.05, 4.69) is 15.9 Å². The Bertz CT molecular complexity index is 885. The summed E-state index contributed by atoms with van der Waals surface area (Å²) in [6.45, 7) is 3.30. The fourth-order valence-electron chi connectivity index (χ4n) is 2.44. The van der Waals surface area contributed by atoms with Gasteiger partial charge in [0.2, 0.25) is 5.78 Å². The molecule has 1 aliphatic rings. The fraction of sp³-hybridized carbons (Fsp3) is 0.158. The van der Waals surface area contributed by atoms with Crippen LogP contribution in [-0.2, 0) is 4.79 Å². The summed E-state index contributed by atoms with van der Waals surface area (Å²) in [5.74, 6) is 0.148. The van der Waals surface area contributed by atoms with Gasteiger partial charge in [0.25, 0.3) is 0 Å². The second-order valence-electron chi connectivity index (χ2n) is 5.64. The third-order valence-corrected chi connectivity index (χ3v) is 4.36. The van der Waals surface area contributed by atoms with Gasteiger partial charge < -0.3 is 9.47 Å². The van der Waals surface area contributed by atoms with Crippen molar-refractivity contribution in [2.75, 3.05) is 0 Å². The van der Waals surface area contributed by atoms with Gasteiger partial charge in [-0.05, 0) is 49.2 Å². The van der Waals surface area contributed by atoms with Gasteiger partial charge in [-0.1, -0.05) is 28.1 Å².